The van der Waals surface area contributed by atoms with Gasteiger partial charge in [-0.2, -0.15) is 13.2 Å². The van der Waals surface area contributed by atoms with Gasteiger partial charge < -0.3 is 11.1 Å². The number of alkyl halides is 3. The first-order valence-corrected chi connectivity index (χ1v) is 4.09. The highest BCUT2D eigenvalue weighted by Crippen LogP contribution is 2.13. The lowest BCUT2D eigenvalue weighted by Gasteiger charge is -2.08. The summed E-state index contributed by atoms with van der Waals surface area (Å²) in [6.45, 7) is -1.35. The van der Waals surface area contributed by atoms with Gasteiger partial charge in [-0.25, -0.2) is 0 Å². The summed E-state index contributed by atoms with van der Waals surface area (Å²) in [6, 6.07) is 5.74. The van der Waals surface area contributed by atoms with Crippen LogP contribution in [-0.2, 0) is 0 Å². The second kappa shape index (κ2) is 5.60. The molecule has 3 N–H and O–H groups in total. The number of halogens is 4. The van der Waals surface area contributed by atoms with Crippen LogP contribution < -0.4 is 11.1 Å². The smallest absolute Gasteiger partial charge is 0.399 e. The Morgan fingerprint density at radius 3 is 2.50 bits per heavy atom. The Balaban J connectivity index is 0.00000225. The van der Waals surface area contributed by atoms with E-state index in [0.717, 1.165) is 0 Å². The van der Waals surface area contributed by atoms with Crippen LogP contribution in [0.4, 0.5) is 18.9 Å². The summed E-state index contributed by atoms with van der Waals surface area (Å²) in [5, 5.41) is 1.75. The molecule has 0 heterocycles. The minimum atomic E-state index is -4.41. The van der Waals surface area contributed by atoms with Crippen LogP contribution in [0.3, 0.4) is 0 Å². The van der Waals surface area contributed by atoms with E-state index >= 15 is 0 Å². The van der Waals surface area contributed by atoms with Crippen molar-refractivity contribution >= 4 is 24.0 Å². The highest BCUT2D eigenvalue weighted by Gasteiger charge is 2.27. The fourth-order valence-electron chi connectivity index (χ4n) is 0.962. The van der Waals surface area contributed by atoms with E-state index in [9.17, 15) is 18.0 Å². The zero-order valence-corrected chi connectivity index (χ0v) is 8.86. The number of benzene rings is 1. The Morgan fingerprint density at radius 1 is 1.38 bits per heavy atom. The van der Waals surface area contributed by atoms with Crippen LogP contribution in [0.1, 0.15) is 10.4 Å². The van der Waals surface area contributed by atoms with Crippen LogP contribution in [0.15, 0.2) is 24.3 Å². The predicted molar refractivity (Wildman–Crippen MR) is 56.5 cm³/mol. The average molecular weight is 255 g/mol. The molecule has 0 bridgehead atoms. The quantitative estimate of drug-likeness (QED) is 0.793. The number of nitrogen functional groups attached to an aromatic ring is 1. The van der Waals surface area contributed by atoms with Gasteiger partial charge in [0.05, 0.1) is 0 Å². The summed E-state index contributed by atoms with van der Waals surface area (Å²) in [6.07, 6.45) is -4.41. The fraction of sp³-hybridized carbons (Fsp3) is 0.222. The summed E-state index contributed by atoms with van der Waals surface area (Å²) in [7, 11) is 0. The molecule has 3 nitrogen and oxygen atoms in total. The first-order chi connectivity index (χ1) is 6.88. The van der Waals surface area contributed by atoms with Crippen molar-refractivity contribution in [2.45, 2.75) is 6.18 Å². The van der Waals surface area contributed by atoms with Crippen molar-refractivity contribution in [2.24, 2.45) is 0 Å². The van der Waals surface area contributed by atoms with E-state index in [0.29, 0.717) is 5.69 Å². The van der Waals surface area contributed by atoms with Gasteiger partial charge in [0.15, 0.2) is 0 Å². The van der Waals surface area contributed by atoms with Crippen molar-refractivity contribution in [2.75, 3.05) is 12.3 Å². The maximum atomic E-state index is 11.8. The molecule has 16 heavy (non-hydrogen) atoms. The van der Waals surface area contributed by atoms with E-state index in [2.05, 4.69) is 0 Å². The Bertz CT molecular complexity index is 368. The van der Waals surface area contributed by atoms with Gasteiger partial charge in [-0.15, -0.1) is 12.4 Å². The summed E-state index contributed by atoms with van der Waals surface area (Å²) in [4.78, 5) is 11.2. The van der Waals surface area contributed by atoms with Crippen molar-refractivity contribution in [3.8, 4) is 0 Å². The third-order valence-electron chi connectivity index (χ3n) is 1.60. The van der Waals surface area contributed by atoms with Crippen LogP contribution in [-0.4, -0.2) is 18.6 Å². The molecule has 0 aliphatic carbocycles. The summed E-state index contributed by atoms with van der Waals surface area (Å²) in [5.41, 5.74) is 5.81. The number of hydrogen-bond acceptors (Lipinski definition) is 2. The van der Waals surface area contributed by atoms with Gasteiger partial charge in [-0.3, -0.25) is 4.79 Å². The second-order valence-corrected chi connectivity index (χ2v) is 2.92. The molecule has 0 aliphatic rings. The Morgan fingerprint density at radius 2 is 2.00 bits per heavy atom. The van der Waals surface area contributed by atoms with Crippen LogP contribution in [0.2, 0.25) is 0 Å². The minimum absolute atomic E-state index is 0. The SMILES string of the molecule is Cl.Nc1cccc(C(=O)NCC(F)(F)F)c1. The predicted octanol–water partition coefficient (Wildman–Crippen LogP) is 1.98. The van der Waals surface area contributed by atoms with Crippen LogP contribution >= 0.6 is 12.4 Å². The molecule has 1 rings (SSSR count). The zero-order valence-electron chi connectivity index (χ0n) is 8.04. The molecule has 0 fully saturated rings. The normalized spacial score (nSPS) is 10.4. The lowest BCUT2D eigenvalue weighted by Crippen LogP contribution is -2.33. The standard InChI is InChI=1S/C9H9F3N2O.ClH/c10-9(11,12)5-14-8(15)6-2-1-3-7(13)4-6;/h1-4H,5,13H2,(H,14,15);1H. The molecule has 90 valence electrons. The highest BCUT2D eigenvalue weighted by molar-refractivity contribution is 5.94. The number of nitrogens with one attached hydrogen (secondary N) is 1. The molecule has 0 radical (unpaired) electrons. The highest BCUT2D eigenvalue weighted by atomic mass is 35.5. The molecule has 0 aromatic heterocycles. The molecule has 1 aromatic carbocycles. The van der Waals surface area contributed by atoms with E-state index in [1.54, 1.807) is 11.4 Å². The van der Waals surface area contributed by atoms with Crippen molar-refractivity contribution in [1.29, 1.82) is 0 Å². The molecular formula is C9H10ClF3N2O. The Labute approximate surface area is 96.2 Å². The molecule has 1 amide bonds. The van der Waals surface area contributed by atoms with Crippen molar-refractivity contribution in [3.63, 3.8) is 0 Å². The summed E-state index contributed by atoms with van der Waals surface area (Å²) < 4.78 is 35.3. The van der Waals surface area contributed by atoms with Gasteiger partial charge >= 0.3 is 6.18 Å². The number of carbonyl (C=O) groups is 1. The van der Waals surface area contributed by atoms with E-state index in [1.807, 2.05) is 0 Å². The molecule has 0 saturated heterocycles. The third-order valence-corrected chi connectivity index (χ3v) is 1.60. The largest absolute Gasteiger partial charge is 0.405 e. The maximum Gasteiger partial charge on any atom is 0.405 e. The number of hydrogen-bond donors (Lipinski definition) is 2. The summed E-state index contributed by atoms with van der Waals surface area (Å²) >= 11 is 0. The minimum Gasteiger partial charge on any atom is -0.399 e. The zero-order chi connectivity index (χ0) is 11.5. The molecule has 0 spiro atoms. The van der Waals surface area contributed by atoms with Crippen LogP contribution in [0.5, 0.6) is 0 Å². The van der Waals surface area contributed by atoms with Gasteiger partial charge in [0.1, 0.15) is 6.54 Å². The van der Waals surface area contributed by atoms with Crippen molar-refractivity contribution < 1.29 is 18.0 Å². The molecule has 0 atom stereocenters. The second-order valence-electron chi connectivity index (χ2n) is 2.92. The van der Waals surface area contributed by atoms with Crippen LogP contribution in [0, 0.1) is 0 Å². The van der Waals surface area contributed by atoms with Crippen LogP contribution in [0.25, 0.3) is 0 Å². The number of amides is 1. The molecule has 0 aliphatic heterocycles. The van der Waals surface area contributed by atoms with E-state index < -0.39 is 18.6 Å². The van der Waals surface area contributed by atoms with E-state index in [1.165, 1.54) is 18.2 Å². The number of nitrogens with two attached hydrogens (primary N) is 1. The average Bonchev–Trinajstić information content (AvgIpc) is 2.13. The maximum absolute atomic E-state index is 11.8. The van der Waals surface area contributed by atoms with Gasteiger partial charge in [-0.1, -0.05) is 6.07 Å². The fourth-order valence-corrected chi connectivity index (χ4v) is 0.962. The van der Waals surface area contributed by atoms with E-state index in [-0.39, 0.29) is 18.0 Å². The van der Waals surface area contributed by atoms with Gasteiger partial charge in [0.2, 0.25) is 0 Å². The first-order valence-electron chi connectivity index (χ1n) is 4.09. The Kier molecular flexibility index (Phi) is 5.10. The van der Waals surface area contributed by atoms with Gasteiger partial charge in [0, 0.05) is 11.3 Å². The monoisotopic (exact) mass is 254 g/mol. The van der Waals surface area contributed by atoms with Crippen molar-refractivity contribution in [1.82, 2.24) is 5.32 Å². The van der Waals surface area contributed by atoms with E-state index in [4.69, 9.17) is 5.73 Å². The lowest BCUT2D eigenvalue weighted by atomic mass is 10.2. The molecule has 1 aromatic rings. The molecule has 7 heteroatoms. The summed E-state index contributed by atoms with van der Waals surface area (Å²) in [5.74, 6) is -0.792. The number of rotatable bonds is 2. The van der Waals surface area contributed by atoms with Gasteiger partial charge in [0.25, 0.3) is 5.91 Å². The lowest BCUT2D eigenvalue weighted by molar-refractivity contribution is -0.123. The number of anilines is 1. The molecule has 0 unspecified atom stereocenters. The van der Waals surface area contributed by atoms with Crippen molar-refractivity contribution in [3.05, 3.63) is 29.8 Å². The Hall–Kier alpha value is -1.43. The topological polar surface area (TPSA) is 55.1 Å². The molecular weight excluding hydrogens is 245 g/mol. The molecule has 0 saturated carbocycles. The number of carbonyl (C=O) groups excluding carboxylic acids is 1. The third kappa shape index (κ3) is 4.88. The van der Waals surface area contributed by atoms with Gasteiger partial charge in [-0.05, 0) is 18.2 Å². The first kappa shape index (κ1) is 14.6.